The van der Waals surface area contributed by atoms with Gasteiger partial charge in [0.1, 0.15) is 17.3 Å². The average Bonchev–Trinajstić information content (AvgIpc) is 2.65. The van der Waals surface area contributed by atoms with Gasteiger partial charge in [-0.3, -0.25) is 4.79 Å². The maximum Gasteiger partial charge on any atom is 0.159 e. The van der Waals surface area contributed by atoms with Gasteiger partial charge in [0.15, 0.2) is 5.78 Å². The summed E-state index contributed by atoms with van der Waals surface area (Å²) in [5.41, 5.74) is 1.96. The molecule has 0 radical (unpaired) electrons. The van der Waals surface area contributed by atoms with E-state index in [0.29, 0.717) is 12.8 Å². The predicted molar refractivity (Wildman–Crippen MR) is 99.1 cm³/mol. The van der Waals surface area contributed by atoms with E-state index >= 15 is 0 Å². The number of rotatable bonds is 8. The van der Waals surface area contributed by atoms with Crippen LogP contribution in [0.1, 0.15) is 17.5 Å². The van der Waals surface area contributed by atoms with Gasteiger partial charge in [-0.1, -0.05) is 30.3 Å². The van der Waals surface area contributed by atoms with Crippen LogP contribution in [0.25, 0.3) is 6.08 Å². The lowest BCUT2D eigenvalue weighted by molar-refractivity contribution is -0.114. The predicted octanol–water partition coefficient (Wildman–Crippen LogP) is 4.36. The van der Waals surface area contributed by atoms with Crippen molar-refractivity contribution in [3.05, 3.63) is 77.6 Å². The quantitative estimate of drug-likeness (QED) is 0.441. The van der Waals surface area contributed by atoms with Gasteiger partial charge < -0.3 is 14.6 Å². The molecule has 0 aromatic heterocycles. The normalized spacial score (nSPS) is 11.5. The fourth-order valence-electron chi connectivity index (χ4n) is 2.24. The fourth-order valence-corrected chi connectivity index (χ4v) is 2.24. The summed E-state index contributed by atoms with van der Waals surface area (Å²) in [6.07, 6.45) is 5.46. The molecule has 1 N–H and O–H groups in total. The standard InChI is InChI=1S/C21H22O4/c1-24-20-11-5-16(6-12-20)3-9-18(22)15-19(23)10-4-17-7-13-21(25-2)14-8-17/h3,5-9,11-15,22H,4,10H2,1-2H3/b9-3+,18-15?. The lowest BCUT2D eigenvalue weighted by Crippen LogP contribution is -1.97. The van der Waals surface area contributed by atoms with Crippen molar-refractivity contribution in [2.75, 3.05) is 14.2 Å². The van der Waals surface area contributed by atoms with Crippen LogP contribution in [0.3, 0.4) is 0 Å². The Morgan fingerprint density at radius 3 is 2.08 bits per heavy atom. The lowest BCUT2D eigenvalue weighted by Gasteiger charge is -2.02. The number of aryl methyl sites for hydroxylation is 1. The number of hydrogen-bond donors (Lipinski definition) is 1. The third kappa shape index (κ3) is 6.18. The number of carbonyl (C=O) groups excluding carboxylic acids is 1. The minimum atomic E-state index is -0.118. The molecule has 4 heteroatoms. The van der Waals surface area contributed by atoms with Gasteiger partial charge in [0.25, 0.3) is 0 Å². The van der Waals surface area contributed by atoms with Crippen molar-refractivity contribution in [2.45, 2.75) is 12.8 Å². The zero-order valence-electron chi connectivity index (χ0n) is 14.4. The maximum atomic E-state index is 11.9. The van der Waals surface area contributed by atoms with E-state index in [2.05, 4.69) is 0 Å². The molecule has 0 aliphatic rings. The number of aliphatic hydroxyl groups is 1. The van der Waals surface area contributed by atoms with E-state index in [-0.39, 0.29) is 11.5 Å². The summed E-state index contributed by atoms with van der Waals surface area (Å²) in [7, 11) is 3.22. The van der Waals surface area contributed by atoms with Gasteiger partial charge in [-0.25, -0.2) is 0 Å². The minimum absolute atomic E-state index is 0.0597. The Balaban J connectivity index is 1.86. The van der Waals surface area contributed by atoms with E-state index in [1.54, 1.807) is 20.3 Å². The smallest absolute Gasteiger partial charge is 0.159 e. The van der Waals surface area contributed by atoms with Crippen LogP contribution in [-0.4, -0.2) is 25.1 Å². The third-order valence-corrected chi connectivity index (χ3v) is 3.69. The van der Waals surface area contributed by atoms with E-state index in [9.17, 15) is 9.90 Å². The van der Waals surface area contributed by atoms with Crippen LogP contribution in [0.2, 0.25) is 0 Å². The number of ether oxygens (including phenoxy) is 2. The molecule has 2 aromatic carbocycles. The summed E-state index contributed by atoms with van der Waals surface area (Å²) >= 11 is 0. The van der Waals surface area contributed by atoms with E-state index in [0.717, 1.165) is 22.6 Å². The molecule has 0 bridgehead atoms. The molecule has 0 aliphatic carbocycles. The van der Waals surface area contributed by atoms with E-state index in [4.69, 9.17) is 9.47 Å². The molecule has 25 heavy (non-hydrogen) atoms. The summed E-state index contributed by atoms with van der Waals surface area (Å²) in [5, 5.41) is 9.86. The highest BCUT2D eigenvalue weighted by Gasteiger charge is 2.02. The second-order valence-electron chi connectivity index (χ2n) is 5.49. The van der Waals surface area contributed by atoms with Gasteiger partial charge in [0.05, 0.1) is 14.2 Å². The van der Waals surface area contributed by atoms with Crippen LogP contribution in [0.5, 0.6) is 11.5 Å². The van der Waals surface area contributed by atoms with Crippen molar-refractivity contribution in [1.82, 2.24) is 0 Å². The largest absolute Gasteiger partial charge is 0.508 e. The number of benzene rings is 2. The molecule has 0 saturated carbocycles. The Kier molecular flexibility index (Phi) is 6.84. The van der Waals surface area contributed by atoms with Crippen molar-refractivity contribution < 1.29 is 19.4 Å². The van der Waals surface area contributed by atoms with Crippen LogP contribution < -0.4 is 9.47 Å². The molecule has 0 aliphatic heterocycles. The molecule has 130 valence electrons. The molecule has 0 spiro atoms. The molecule has 0 atom stereocenters. The molecule has 4 nitrogen and oxygen atoms in total. The molecule has 0 fully saturated rings. The lowest BCUT2D eigenvalue weighted by atomic mass is 10.1. The molecular formula is C21H22O4. The first-order valence-electron chi connectivity index (χ1n) is 7.99. The monoisotopic (exact) mass is 338 g/mol. The van der Waals surface area contributed by atoms with Crippen molar-refractivity contribution in [3.63, 3.8) is 0 Å². The van der Waals surface area contributed by atoms with Crippen LogP contribution in [0.4, 0.5) is 0 Å². The molecule has 0 saturated heterocycles. The molecule has 0 heterocycles. The second-order valence-corrected chi connectivity index (χ2v) is 5.49. The van der Waals surface area contributed by atoms with Crippen LogP contribution in [0.15, 0.2) is 66.4 Å². The third-order valence-electron chi connectivity index (χ3n) is 3.69. The maximum absolute atomic E-state index is 11.9. The SMILES string of the molecule is COc1ccc(/C=C/C(O)=CC(=O)CCc2ccc(OC)cc2)cc1. The van der Waals surface area contributed by atoms with E-state index < -0.39 is 0 Å². The Labute approximate surface area is 148 Å². The Bertz CT molecular complexity index is 740. The highest BCUT2D eigenvalue weighted by molar-refractivity contribution is 5.90. The second kappa shape index (κ2) is 9.33. The first kappa shape index (κ1) is 18.3. The topological polar surface area (TPSA) is 55.8 Å². The molecule has 2 rings (SSSR count). The van der Waals surface area contributed by atoms with Gasteiger partial charge in [-0.15, -0.1) is 0 Å². The summed E-state index contributed by atoms with van der Waals surface area (Å²) in [6.45, 7) is 0. The number of ketones is 1. The Morgan fingerprint density at radius 2 is 1.52 bits per heavy atom. The van der Waals surface area contributed by atoms with Crippen molar-refractivity contribution in [3.8, 4) is 11.5 Å². The van der Waals surface area contributed by atoms with Crippen LogP contribution >= 0.6 is 0 Å². The number of aliphatic hydroxyl groups excluding tert-OH is 1. The number of hydrogen-bond acceptors (Lipinski definition) is 4. The van der Waals surface area contributed by atoms with Gasteiger partial charge in [0, 0.05) is 12.5 Å². The van der Waals surface area contributed by atoms with Gasteiger partial charge >= 0.3 is 0 Å². The van der Waals surface area contributed by atoms with Crippen molar-refractivity contribution in [2.24, 2.45) is 0 Å². The summed E-state index contributed by atoms with van der Waals surface area (Å²) < 4.78 is 10.2. The first-order valence-corrected chi connectivity index (χ1v) is 7.99. The summed E-state index contributed by atoms with van der Waals surface area (Å²) in [6, 6.07) is 15.0. The number of carbonyl (C=O) groups is 1. The average molecular weight is 338 g/mol. The first-order chi connectivity index (χ1) is 12.1. The highest BCUT2D eigenvalue weighted by Crippen LogP contribution is 2.14. The van der Waals surface area contributed by atoms with Gasteiger partial charge in [-0.05, 0) is 47.9 Å². The fraction of sp³-hybridized carbons (Fsp3) is 0.190. The van der Waals surface area contributed by atoms with Crippen molar-refractivity contribution in [1.29, 1.82) is 0 Å². The van der Waals surface area contributed by atoms with E-state index in [1.165, 1.54) is 12.2 Å². The number of methoxy groups -OCH3 is 2. The zero-order chi connectivity index (χ0) is 18.1. The van der Waals surface area contributed by atoms with Gasteiger partial charge in [0.2, 0.25) is 0 Å². The van der Waals surface area contributed by atoms with E-state index in [1.807, 2.05) is 48.5 Å². The van der Waals surface area contributed by atoms with Crippen molar-refractivity contribution >= 4 is 11.9 Å². The zero-order valence-corrected chi connectivity index (χ0v) is 14.4. The van der Waals surface area contributed by atoms with Crippen LogP contribution in [0, 0.1) is 0 Å². The summed E-state index contributed by atoms with van der Waals surface area (Å²) in [4.78, 5) is 11.9. The minimum Gasteiger partial charge on any atom is -0.508 e. The summed E-state index contributed by atoms with van der Waals surface area (Å²) in [5.74, 6) is 1.38. The molecular weight excluding hydrogens is 316 g/mol. The van der Waals surface area contributed by atoms with Gasteiger partial charge in [-0.2, -0.15) is 0 Å². The number of allylic oxidation sites excluding steroid dienone is 2. The van der Waals surface area contributed by atoms with Crippen LogP contribution in [-0.2, 0) is 11.2 Å². The highest BCUT2D eigenvalue weighted by atomic mass is 16.5. The Hall–Kier alpha value is -3.01. The molecule has 0 amide bonds. The molecule has 2 aromatic rings. The Morgan fingerprint density at radius 1 is 0.960 bits per heavy atom. The molecule has 0 unspecified atom stereocenters.